The molecular weight excluding hydrogens is 384 g/mol. The van der Waals surface area contributed by atoms with Gasteiger partial charge in [0.05, 0.1) is 20.1 Å². The van der Waals surface area contributed by atoms with E-state index < -0.39 is 0 Å². The molecule has 30 heavy (non-hydrogen) atoms. The molecule has 0 spiro atoms. The largest absolute Gasteiger partial charge is 0.493 e. The van der Waals surface area contributed by atoms with E-state index in [0.717, 1.165) is 37.2 Å². The molecule has 1 saturated heterocycles. The van der Waals surface area contributed by atoms with Crippen molar-refractivity contribution in [1.29, 1.82) is 0 Å². The second-order valence-electron chi connectivity index (χ2n) is 7.34. The molecular formula is C21H26N6O3. The molecule has 9 heteroatoms. The molecule has 0 aliphatic carbocycles. The minimum absolute atomic E-state index is 0.0532. The van der Waals surface area contributed by atoms with Gasteiger partial charge in [0, 0.05) is 19.6 Å². The second-order valence-corrected chi connectivity index (χ2v) is 7.34. The molecule has 1 aliphatic rings. The van der Waals surface area contributed by atoms with E-state index in [1.807, 2.05) is 30.3 Å². The van der Waals surface area contributed by atoms with Gasteiger partial charge in [0.25, 0.3) is 0 Å². The van der Waals surface area contributed by atoms with Crippen molar-refractivity contribution in [2.24, 2.45) is 5.92 Å². The van der Waals surface area contributed by atoms with Gasteiger partial charge >= 0.3 is 0 Å². The summed E-state index contributed by atoms with van der Waals surface area (Å²) < 4.78 is 12.3. The number of fused-ring (bicyclic) bond motifs is 1. The van der Waals surface area contributed by atoms with Crippen molar-refractivity contribution in [3.05, 3.63) is 42.2 Å². The molecule has 158 valence electrons. The lowest BCUT2D eigenvalue weighted by Crippen LogP contribution is -2.43. The molecule has 0 unspecified atom stereocenters. The molecule has 1 fully saturated rings. The lowest BCUT2D eigenvalue weighted by molar-refractivity contribution is -0.125. The van der Waals surface area contributed by atoms with Crippen LogP contribution in [0.3, 0.4) is 0 Å². The highest BCUT2D eigenvalue weighted by Crippen LogP contribution is 2.27. The van der Waals surface area contributed by atoms with Gasteiger partial charge in [-0.25, -0.2) is 0 Å². The Bertz CT molecular complexity index is 1020. The zero-order chi connectivity index (χ0) is 20.9. The number of carbonyl (C=O) groups excluding carboxylic acids is 1. The Kier molecular flexibility index (Phi) is 5.97. The quantitative estimate of drug-likeness (QED) is 0.634. The first-order valence-corrected chi connectivity index (χ1v) is 10.1. The number of ether oxygens (including phenoxy) is 2. The number of nitrogens with zero attached hydrogens (tertiary/aromatic N) is 5. The van der Waals surface area contributed by atoms with Crippen molar-refractivity contribution >= 4 is 17.4 Å². The lowest BCUT2D eigenvalue weighted by Gasteiger charge is -2.32. The summed E-state index contributed by atoms with van der Waals surface area (Å²) in [6.45, 7) is 2.12. The van der Waals surface area contributed by atoms with Gasteiger partial charge in [-0.05, 0) is 49.1 Å². The first-order chi connectivity index (χ1) is 14.7. The van der Waals surface area contributed by atoms with Gasteiger partial charge in [-0.1, -0.05) is 6.07 Å². The summed E-state index contributed by atoms with van der Waals surface area (Å²) in [4.78, 5) is 14.9. The molecule has 0 bridgehead atoms. The van der Waals surface area contributed by atoms with Crippen molar-refractivity contribution in [1.82, 2.24) is 25.1 Å². The molecule has 0 radical (unpaired) electrons. The van der Waals surface area contributed by atoms with Crippen molar-refractivity contribution in [3.8, 4) is 11.5 Å². The summed E-state index contributed by atoms with van der Waals surface area (Å²) in [5.74, 6) is 2.27. The van der Waals surface area contributed by atoms with E-state index in [9.17, 15) is 4.79 Å². The van der Waals surface area contributed by atoms with E-state index >= 15 is 0 Å². The Hall–Kier alpha value is -3.36. The Balaban J connectivity index is 1.32. The Morgan fingerprint density at radius 3 is 2.90 bits per heavy atom. The van der Waals surface area contributed by atoms with Crippen LogP contribution >= 0.6 is 0 Å². The first kappa shape index (κ1) is 19.9. The van der Waals surface area contributed by atoms with Gasteiger partial charge in [-0.2, -0.15) is 4.52 Å². The molecule has 1 aromatic carbocycles. The summed E-state index contributed by atoms with van der Waals surface area (Å²) in [6, 6.07) is 9.64. The van der Waals surface area contributed by atoms with E-state index in [-0.39, 0.29) is 11.8 Å². The predicted molar refractivity (Wildman–Crippen MR) is 112 cm³/mol. The molecule has 1 amide bonds. The van der Waals surface area contributed by atoms with Crippen LogP contribution in [-0.4, -0.2) is 59.6 Å². The number of aromatic nitrogens is 4. The molecule has 1 aliphatic heterocycles. The lowest BCUT2D eigenvalue weighted by atomic mass is 9.97. The third-order valence-corrected chi connectivity index (χ3v) is 5.42. The standard InChI is InChI=1S/C21H26N6O3/c1-29-17-6-5-15(12-18(17)30-2)9-10-22-21(28)16-4-3-11-26(13-16)20-8-7-19-24-23-14-27(19)25-20/h5-8,12,14,16H,3-4,9-11,13H2,1-2H3,(H,22,28)/t16-/m0/s1. The average molecular weight is 410 g/mol. The van der Waals surface area contributed by atoms with Crippen LogP contribution in [0, 0.1) is 5.92 Å². The van der Waals surface area contributed by atoms with Gasteiger partial charge in [-0.15, -0.1) is 15.3 Å². The SMILES string of the molecule is COc1ccc(CCNC(=O)[C@H]2CCCN(c3ccc4nncn4n3)C2)cc1OC. The van der Waals surface area contributed by atoms with Crippen LogP contribution in [0.25, 0.3) is 5.65 Å². The van der Waals surface area contributed by atoms with Gasteiger partial charge in [-0.3, -0.25) is 4.79 Å². The van der Waals surface area contributed by atoms with Crippen LogP contribution in [0.15, 0.2) is 36.7 Å². The van der Waals surface area contributed by atoms with E-state index in [1.54, 1.807) is 25.1 Å². The highest BCUT2D eigenvalue weighted by atomic mass is 16.5. The van der Waals surface area contributed by atoms with Gasteiger partial charge in [0.1, 0.15) is 12.1 Å². The normalized spacial score (nSPS) is 16.5. The molecule has 3 heterocycles. The van der Waals surface area contributed by atoms with Crippen molar-refractivity contribution in [2.75, 3.05) is 38.8 Å². The zero-order valence-corrected chi connectivity index (χ0v) is 17.2. The second kappa shape index (κ2) is 8.98. The number of methoxy groups -OCH3 is 2. The summed E-state index contributed by atoms with van der Waals surface area (Å²) in [5.41, 5.74) is 1.80. The number of piperidine rings is 1. The number of anilines is 1. The number of amides is 1. The Morgan fingerprint density at radius 1 is 1.20 bits per heavy atom. The van der Waals surface area contributed by atoms with Gasteiger partial charge in [0.2, 0.25) is 5.91 Å². The third kappa shape index (κ3) is 4.29. The number of nitrogens with one attached hydrogen (secondary N) is 1. The Morgan fingerprint density at radius 2 is 2.07 bits per heavy atom. The van der Waals surface area contributed by atoms with E-state index in [2.05, 4.69) is 25.5 Å². The smallest absolute Gasteiger partial charge is 0.224 e. The van der Waals surface area contributed by atoms with Crippen LogP contribution in [0.2, 0.25) is 0 Å². The van der Waals surface area contributed by atoms with Gasteiger partial charge in [0.15, 0.2) is 17.1 Å². The molecule has 2 aromatic heterocycles. The van der Waals surface area contributed by atoms with Gasteiger partial charge < -0.3 is 19.7 Å². The number of carbonyl (C=O) groups is 1. The highest BCUT2D eigenvalue weighted by molar-refractivity contribution is 5.79. The van der Waals surface area contributed by atoms with Crippen LogP contribution in [0.4, 0.5) is 5.82 Å². The maximum atomic E-state index is 12.7. The van der Waals surface area contributed by atoms with E-state index in [4.69, 9.17) is 9.47 Å². The zero-order valence-electron chi connectivity index (χ0n) is 17.2. The molecule has 1 N–H and O–H groups in total. The minimum atomic E-state index is -0.0532. The number of hydrogen-bond acceptors (Lipinski definition) is 7. The topological polar surface area (TPSA) is 93.9 Å². The van der Waals surface area contributed by atoms with Crippen molar-refractivity contribution in [3.63, 3.8) is 0 Å². The molecule has 9 nitrogen and oxygen atoms in total. The molecule has 1 atom stereocenters. The fraction of sp³-hybridized carbons (Fsp3) is 0.429. The highest BCUT2D eigenvalue weighted by Gasteiger charge is 2.26. The van der Waals surface area contributed by atoms with E-state index in [0.29, 0.717) is 30.2 Å². The number of hydrogen-bond donors (Lipinski definition) is 1. The number of rotatable bonds is 7. The number of benzene rings is 1. The summed E-state index contributed by atoms with van der Waals surface area (Å²) >= 11 is 0. The fourth-order valence-corrected chi connectivity index (χ4v) is 3.80. The maximum absolute atomic E-state index is 12.7. The molecule has 4 rings (SSSR count). The van der Waals surface area contributed by atoms with Crippen LogP contribution in [0.1, 0.15) is 18.4 Å². The first-order valence-electron chi connectivity index (χ1n) is 10.1. The summed E-state index contributed by atoms with van der Waals surface area (Å²) in [5, 5.41) is 15.5. The minimum Gasteiger partial charge on any atom is -0.493 e. The Labute approximate surface area is 175 Å². The van der Waals surface area contributed by atoms with Crippen molar-refractivity contribution in [2.45, 2.75) is 19.3 Å². The molecule has 3 aromatic rings. The van der Waals surface area contributed by atoms with Crippen LogP contribution in [0.5, 0.6) is 11.5 Å². The summed E-state index contributed by atoms with van der Waals surface area (Å²) in [6.07, 6.45) is 4.15. The predicted octanol–water partition coefficient (Wildman–Crippen LogP) is 1.72. The molecule has 0 saturated carbocycles. The van der Waals surface area contributed by atoms with Crippen LogP contribution in [-0.2, 0) is 11.2 Å². The van der Waals surface area contributed by atoms with Crippen molar-refractivity contribution < 1.29 is 14.3 Å². The van der Waals surface area contributed by atoms with Crippen LogP contribution < -0.4 is 19.7 Å². The third-order valence-electron chi connectivity index (χ3n) is 5.42. The average Bonchev–Trinajstić information content (AvgIpc) is 3.27. The van der Waals surface area contributed by atoms with E-state index in [1.165, 1.54) is 0 Å². The fourth-order valence-electron chi connectivity index (χ4n) is 3.80. The monoisotopic (exact) mass is 410 g/mol. The summed E-state index contributed by atoms with van der Waals surface area (Å²) in [7, 11) is 3.24. The maximum Gasteiger partial charge on any atom is 0.224 e.